The topological polar surface area (TPSA) is 228 Å². The highest BCUT2D eigenvalue weighted by Crippen LogP contribution is 2.51. The van der Waals surface area contributed by atoms with Crippen LogP contribution in [0.2, 0.25) is 0 Å². The minimum absolute atomic E-state index is 0.680. The molecule has 2 aliphatic heterocycles. The zero-order chi connectivity index (χ0) is 31.2. The van der Waals surface area contributed by atoms with Crippen LogP contribution in [-0.4, -0.2) is 90.2 Å². The number of halogens is 1. The van der Waals surface area contributed by atoms with Crippen molar-refractivity contribution in [2.75, 3.05) is 26.7 Å². The van der Waals surface area contributed by atoms with Crippen molar-refractivity contribution in [1.82, 2.24) is 10.2 Å². The van der Waals surface area contributed by atoms with Gasteiger partial charge in [0.25, 0.3) is 0 Å². The van der Waals surface area contributed by atoms with E-state index in [2.05, 4.69) is 15.3 Å². The van der Waals surface area contributed by atoms with Crippen LogP contribution in [0.25, 0.3) is 10.4 Å². The Bertz CT molecular complexity index is 1070. The molecule has 0 radical (unpaired) electrons. The highest BCUT2D eigenvalue weighted by Gasteiger charge is 2.58. The van der Waals surface area contributed by atoms with Gasteiger partial charge in [0.2, 0.25) is 25.8 Å². The van der Waals surface area contributed by atoms with Gasteiger partial charge in [-0.25, -0.2) is 18.0 Å². The number of hydrogen-bond acceptors (Lipinski definition) is 14. The van der Waals surface area contributed by atoms with Gasteiger partial charge in [-0.1, -0.05) is 5.11 Å². The molecule has 41 heavy (non-hydrogen) atoms. The number of aliphatic hydroxyl groups excluding tert-OH is 2. The Morgan fingerprint density at radius 1 is 1.15 bits per heavy atom. The Morgan fingerprint density at radius 2 is 1.68 bits per heavy atom. The first kappa shape index (κ1) is 34.4. The van der Waals surface area contributed by atoms with E-state index in [1.54, 1.807) is 41.5 Å². The maximum absolute atomic E-state index is 15.3. The van der Waals surface area contributed by atoms with Crippen LogP contribution in [0, 0.1) is 10.8 Å². The zero-order valence-corrected chi connectivity index (χ0v) is 24.3. The smallest absolute Gasteiger partial charge is 0.437 e. The molecule has 0 bridgehead atoms. The summed E-state index contributed by atoms with van der Waals surface area (Å²) in [5.74, 6) is -2.15. The van der Waals surface area contributed by atoms with E-state index in [4.69, 9.17) is 33.3 Å². The van der Waals surface area contributed by atoms with Crippen molar-refractivity contribution in [3.8, 4) is 0 Å². The van der Waals surface area contributed by atoms with Crippen LogP contribution in [0.1, 0.15) is 41.5 Å². The van der Waals surface area contributed by atoms with Crippen LogP contribution in [-0.2, 0) is 46.7 Å². The molecule has 0 aromatic heterocycles. The Kier molecular flexibility index (Phi) is 11.3. The summed E-state index contributed by atoms with van der Waals surface area (Å²) in [7, 11) is -4.82. The summed E-state index contributed by atoms with van der Waals surface area (Å²) in [6.07, 6.45) is -5.87. The first-order chi connectivity index (χ1) is 18.8. The van der Waals surface area contributed by atoms with E-state index in [9.17, 15) is 29.2 Å². The molecule has 2 heterocycles. The molecule has 17 nitrogen and oxygen atoms in total. The van der Waals surface area contributed by atoms with Crippen molar-refractivity contribution in [2.24, 2.45) is 15.9 Å². The fourth-order valence-electron chi connectivity index (χ4n) is 3.22. The summed E-state index contributed by atoms with van der Waals surface area (Å²) in [6.45, 7) is 5.67. The van der Waals surface area contributed by atoms with Crippen molar-refractivity contribution in [1.29, 1.82) is 0 Å². The predicted octanol–water partition coefficient (Wildman–Crippen LogP) is 1.56. The molecule has 19 heteroatoms. The molecule has 0 spiro atoms. The van der Waals surface area contributed by atoms with Crippen molar-refractivity contribution >= 4 is 25.7 Å². The number of amides is 1. The summed E-state index contributed by atoms with van der Waals surface area (Å²) in [6, 6.07) is 0. The predicted molar refractivity (Wildman–Crippen MR) is 134 cm³/mol. The van der Waals surface area contributed by atoms with Gasteiger partial charge < -0.3 is 34.6 Å². The average Bonchev–Trinajstić information content (AvgIpc) is 3.10. The Hall–Kier alpha value is -2.82. The van der Waals surface area contributed by atoms with Gasteiger partial charge >= 0.3 is 19.8 Å². The molecule has 5 atom stereocenters. The first-order valence-corrected chi connectivity index (χ1v) is 13.6. The molecule has 2 aliphatic rings. The largest absolute Gasteiger partial charge is 0.480 e. The zero-order valence-electron chi connectivity index (χ0n) is 23.4. The molecule has 1 amide bonds. The van der Waals surface area contributed by atoms with Crippen molar-refractivity contribution in [3.63, 3.8) is 0 Å². The lowest BCUT2D eigenvalue weighted by Crippen LogP contribution is -2.54. The highest BCUT2D eigenvalue weighted by atomic mass is 31.2. The molecule has 0 aliphatic carbocycles. The third kappa shape index (κ3) is 9.08. The second-order valence-corrected chi connectivity index (χ2v) is 12.7. The number of rotatable bonds is 12. The van der Waals surface area contributed by atoms with Crippen LogP contribution < -0.4 is 5.32 Å². The van der Waals surface area contributed by atoms with Crippen molar-refractivity contribution in [2.45, 2.75) is 72.0 Å². The minimum Gasteiger partial charge on any atom is -0.437 e. The normalized spacial score (nSPS) is 26.8. The fraction of sp³-hybridized carbons (Fsp3) is 0.773. The number of alkyl halides is 1. The quantitative estimate of drug-likeness (QED) is 0.0711. The lowest BCUT2D eigenvalue weighted by Gasteiger charge is -2.36. The summed E-state index contributed by atoms with van der Waals surface area (Å²) in [4.78, 5) is 39.0. The summed E-state index contributed by atoms with van der Waals surface area (Å²) >= 11 is 0. The van der Waals surface area contributed by atoms with E-state index in [1.807, 2.05) is 0 Å². The lowest BCUT2D eigenvalue weighted by molar-refractivity contribution is -0.174. The molecule has 0 aromatic rings. The number of phosphoric acid groups is 1. The molecule has 2 rings (SSSR count). The van der Waals surface area contributed by atoms with E-state index < -0.39 is 93.7 Å². The molecule has 1 fully saturated rings. The third-order valence-electron chi connectivity index (χ3n) is 5.61. The molecule has 0 saturated carbocycles. The maximum Gasteiger partial charge on any atom is 0.480 e. The number of aliphatic hydroxyl groups is 2. The van der Waals surface area contributed by atoms with Crippen molar-refractivity contribution < 1.29 is 61.3 Å². The molecular weight excluding hydrogens is 576 g/mol. The van der Waals surface area contributed by atoms with Gasteiger partial charge in [0.1, 0.15) is 11.7 Å². The number of carbonyl (C=O) groups is 3. The summed E-state index contributed by atoms with van der Waals surface area (Å²) < 4.78 is 59.5. The van der Waals surface area contributed by atoms with Gasteiger partial charge in [0.15, 0.2) is 12.4 Å². The number of esters is 2. The Morgan fingerprint density at radius 3 is 2.15 bits per heavy atom. The van der Waals surface area contributed by atoms with E-state index >= 15 is 4.39 Å². The van der Waals surface area contributed by atoms with Gasteiger partial charge in [-0.2, -0.15) is 0 Å². The van der Waals surface area contributed by atoms with Gasteiger partial charge in [-0.15, -0.1) is 0 Å². The van der Waals surface area contributed by atoms with Crippen LogP contribution in [0.3, 0.4) is 0 Å². The van der Waals surface area contributed by atoms with E-state index in [-0.39, 0.29) is 0 Å². The van der Waals surface area contributed by atoms with E-state index in [0.29, 0.717) is 0 Å². The van der Waals surface area contributed by atoms with Gasteiger partial charge in [0.05, 0.1) is 24.0 Å². The van der Waals surface area contributed by atoms with Crippen molar-refractivity contribution in [3.05, 3.63) is 22.7 Å². The Labute approximate surface area is 235 Å². The molecule has 232 valence electrons. The number of carbonyl (C=O) groups excluding carboxylic acids is 3. The SMILES string of the molecule is CC(C)(C)C(=O)OCOP(=O)(OCOC(=O)C(C)(C)C)OC[C@@]1(CN=[N+]=[N-])O[C@@H](N2C=CC(=O)NC2O)[C@H](F)[C@@H]1O. The second kappa shape index (κ2) is 13.4. The van der Waals surface area contributed by atoms with Crippen LogP contribution >= 0.6 is 7.82 Å². The van der Waals surface area contributed by atoms with E-state index in [1.165, 1.54) is 0 Å². The number of nitrogens with one attached hydrogen (secondary N) is 1. The third-order valence-corrected chi connectivity index (χ3v) is 6.90. The van der Waals surface area contributed by atoms with E-state index in [0.717, 1.165) is 17.2 Å². The van der Waals surface area contributed by atoms with Gasteiger partial charge in [-0.3, -0.25) is 18.9 Å². The highest BCUT2D eigenvalue weighted by molar-refractivity contribution is 7.48. The molecule has 1 saturated heterocycles. The fourth-order valence-corrected chi connectivity index (χ4v) is 4.19. The molecule has 3 N–H and O–H groups in total. The lowest BCUT2D eigenvalue weighted by atomic mass is 9.97. The monoisotopic (exact) mass is 611 g/mol. The molecular formula is C22H35FN5O12P. The number of hydrogen-bond donors (Lipinski definition) is 3. The van der Waals surface area contributed by atoms with Gasteiger partial charge in [-0.05, 0) is 47.1 Å². The molecule has 1 unspecified atom stereocenters. The number of nitrogens with zero attached hydrogens (tertiary/aromatic N) is 4. The number of ether oxygens (including phenoxy) is 3. The first-order valence-electron chi connectivity index (χ1n) is 12.2. The van der Waals surface area contributed by atoms with Crippen LogP contribution in [0.5, 0.6) is 0 Å². The standard InChI is InChI=1S/C22H35FN5O12P/c1-20(2,3)17(31)35-11-38-41(34,39-12-36-18(32)21(4,5)6)37-10-22(9-25-27-24)15(30)14(23)16(40-22)28-8-7-13(29)26-19(28)33/h7-8,14-16,19,30,33H,9-12H2,1-6H3,(H,26,29)/t14-,15+,16-,19?,22-/m1/s1. The van der Waals surface area contributed by atoms with Crippen LogP contribution in [0.15, 0.2) is 17.4 Å². The molecule has 0 aromatic carbocycles. The summed E-state index contributed by atoms with van der Waals surface area (Å²) in [5, 5.41) is 26.3. The van der Waals surface area contributed by atoms with Gasteiger partial charge in [0, 0.05) is 17.2 Å². The average molecular weight is 612 g/mol. The number of azide groups is 1. The minimum atomic E-state index is -4.82. The Balaban J connectivity index is 2.27. The van der Waals surface area contributed by atoms with Crippen LogP contribution in [0.4, 0.5) is 4.39 Å². The summed E-state index contributed by atoms with van der Waals surface area (Å²) in [5.41, 5.74) is 4.73. The number of phosphoric ester groups is 1. The second-order valence-electron chi connectivity index (χ2n) is 11.1. The maximum atomic E-state index is 15.3.